The number of aromatic nitrogens is 2. The third-order valence-electron chi connectivity index (χ3n) is 6.56. The van der Waals surface area contributed by atoms with Crippen LogP contribution in [0.5, 0.6) is 0 Å². The Kier molecular flexibility index (Phi) is 7.09. The van der Waals surface area contributed by atoms with Crippen LogP contribution in [0.25, 0.3) is 16.5 Å². The summed E-state index contributed by atoms with van der Waals surface area (Å²) in [5.41, 5.74) is 1.42. The zero-order valence-corrected chi connectivity index (χ0v) is 20.6. The Bertz CT molecular complexity index is 1460. The number of esters is 1. The van der Waals surface area contributed by atoms with Crippen LogP contribution in [0.4, 0.5) is 0 Å². The molecule has 0 radical (unpaired) electrons. The predicted octanol–water partition coefficient (Wildman–Crippen LogP) is 3.28. The fraction of sp³-hybridized carbons (Fsp3) is 0.241. The Balaban J connectivity index is 1.29. The normalized spacial score (nSPS) is 14.9. The second kappa shape index (κ2) is 10.8. The number of rotatable bonds is 6. The zero-order chi connectivity index (χ0) is 25.8. The number of carbonyl (C=O) groups is 2. The minimum atomic E-state index is -0.981. The number of para-hydroxylation sites is 1. The smallest absolute Gasteiger partial charge is 0.360 e. The van der Waals surface area contributed by atoms with E-state index in [1.54, 1.807) is 60.4 Å². The minimum Gasteiger partial charge on any atom is -0.448 e. The van der Waals surface area contributed by atoms with E-state index in [-0.39, 0.29) is 17.2 Å². The van der Waals surface area contributed by atoms with Crippen LogP contribution in [0.2, 0.25) is 0 Å². The van der Waals surface area contributed by atoms with Gasteiger partial charge in [0.1, 0.15) is 0 Å². The van der Waals surface area contributed by atoms with Crippen LogP contribution in [0.1, 0.15) is 23.0 Å². The van der Waals surface area contributed by atoms with Gasteiger partial charge in [-0.1, -0.05) is 66.7 Å². The molecule has 0 saturated carbocycles. The first-order valence-electron chi connectivity index (χ1n) is 12.3. The second-order valence-corrected chi connectivity index (χ2v) is 9.08. The van der Waals surface area contributed by atoms with Crippen LogP contribution in [0.15, 0.2) is 89.7 Å². The highest BCUT2D eigenvalue weighted by Crippen LogP contribution is 2.18. The average Bonchev–Trinajstić information content (AvgIpc) is 2.94. The summed E-state index contributed by atoms with van der Waals surface area (Å²) in [5.74, 6) is -0.988. The van der Waals surface area contributed by atoms with Crippen molar-refractivity contribution in [2.24, 2.45) is 0 Å². The first kappa shape index (κ1) is 24.4. The van der Waals surface area contributed by atoms with Crippen molar-refractivity contribution in [3.8, 4) is 5.69 Å². The van der Waals surface area contributed by atoms with Crippen LogP contribution >= 0.6 is 0 Å². The third kappa shape index (κ3) is 5.29. The molecule has 0 bridgehead atoms. The van der Waals surface area contributed by atoms with E-state index in [1.165, 1.54) is 10.2 Å². The van der Waals surface area contributed by atoms with E-state index in [9.17, 15) is 14.4 Å². The van der Waals surface area contributed by atoms with Crippen molar-refractivity contribution in [3.05, 3.63) is 107 Å². The van der Waals surface area contributed by atoms with Crippen molar-refractivity contribution < 1.29 is 14.3 Å². The molecule has 188 valence electrons. The van der Waals surface area contributed by atoms with Crippen molar-refractivity contribution in [2.75, 3.05) is 26.2 Å². The summed E-state index contributed by atoms with van der Waals surface area (Å²) in [7, 11) is 0. The molecular weight excluding hydrogens is 468 g/mol. The van der Waals surface area contributed by atoms with Crippen molar-refractivity contribution in [2.45, 2.75) is 19.6 Å². The molecule has 8 nitrogen and oxygen atoms in total. The Hall–Kier alpha value is -4.30. The molecule has 1 atom stereocenters. The second-order valence-electron chi connectivity index (χ2n) is 9.08. The van der Waals surface area contributed by atoms with Crippen LogP contribution in [-0.4, -0.2) is 63.7 Å². The standard InChI is InChI=1S/C29H28N4O4/c1-21(27(34)32-18-16-31(17-19-32)20-22-10-4-2-5-11-22)37-29(36)26-24-14-8-9-15-25(24)28(35)33(30-26)23-12-6-3-7-13-23/h2-15,21H,16-20H2,1H3. The fourth-order valence-corrected chi connectivity index (χ4v) is 4.58. The van der Waals surface area contributed by atoms with Gasteiger partial charge in [0.15, 0.2) is 11.8 Å². The summed E-state index contributed by atoms with van der Waals surface area (Å²) in [6.45, 7) is 5.03. The maximum absolute atomic E-state index is 13.2. The molecule has 0 aliphatic carbocycles. The molecular formula is C29H28N4O4. The molecule has 1 aliphatic heterocycles. The number of ether oxygens (including phenoxy) is 1. The van der Waals surface area contributed by atoms with Crippen molar-refractivity contribution >= 4 is 22.6 Å². The first-order chi connectivity index (χ1) is 18.0. The molecule has 1 aromatic heterocycles. The number of piperazine rings is 1. The summed E-state index contributed by atoms with van der Waals surface area (Å²) in [4.78, 5) is 43.4. The first-order valence-corrected chi connectivity index (χ1v) is 12.3. The van der Waals surface area contributed by atoms with E-state index in [0.29, 0.717) is 29.5 Å². The maximum atomic E-state index is 13.2. The summed E-state index contributed by atoms with van der Waals surface area (Å²) in [6.07, 6.45) is -0.981. The molecule has 1 fully saturated rings. The highest BCUT2D eigenvalue weighted by molar-refractivity contribution is 6.03. The molecule has 3 aromatic carbocycles. The number of carbonyl (C=O) groups excluding carboxylic acids is 2. The fourth-order valence-electron chi connectivity index (χ4n) is 4.58. The number of nitrogens with zero attached hydrogens (tertiary/aromatic N) is 4. The summed E-state index contributed by atoms with van der Waals surface area (Å²) < 4.78 is 6.78. The largest absolute Gasteiger partial charge is 0.448 e. The lowest BCUT2D eigenvalue weighted by atomic mass is 10.1. The molecule has 8 heteroatoms. The Labute approximate surface area is 214 Å². The number of hydrogen-bond acceptors (Lipinski definition) is 6. The molecule has 0 N–H and O–H groups in total. The number of hydrogen-bond donors (Lipinski definition) is 0. The van der Waals surface area contributed by atoms with Gasteiger partial charge in [-0.15, -0.1) is 0 Å². The summed E-state index contributed by atoms with van der Waals surface area (Å²) in [5, 5.41) is 5.08. The highest BCUT2D eigenvalue weighted by Gasteiger charge is 2.29. The van der Waals surface area contributed by atoms with E-state index in [4.69, 9.17) is 4.74 Å². The molecule has 1 amide bonds. The van der Waals surface area contributed by atoms with Gasteiger partial charge in [0, 0.05) is 38.1 Å². The van der Waals surface area contributed by atoms with Gasteiger partial charge in [-0.3, -0.25) is 14.5 Å². The summed E-state index contributed by atoms with van der Waals surface area (Å²) >= 11 is 0. The molecule has 0 spiro atoms. The lowest BCUT2D eigenvalue weighted by molar-refractivity contribution is -0.141. The van der Waals surface area contributed by atoms with Crippen molar-refractivity contribution in [3.63, 3.8) is 0 Å². The van der Waals surface area contributed by atoms with Crippen molar-refractivity contribution in [1.29, 1.82) is 0 Å². The zero-order valence-electron chi connectivity index (χ0n) is 20.6. The van der Waals surface area contributed by atoms with E-state index in [2.05, 4.69) is 22.1 Å². The molecule has 4 aromatic rings. The number of fused-ring (bicyclic) bond motifs is 1. The van der Waals surface area contributed by atoms with Gasteiger partial charge in [0.2, 0.25) is 0 Å². The van der Waals surface area contributed by atoms with E-state index in [1.807, 2.05) is 24.3 Å². The maximum Gasteiger partial charge on any atom is 0.360 e. The van der Waals surface area contributed by atoms with Gasteiger partial charge < -0.3 is 9.64 Å². The van der Waals surface area contributed by atoms with E-state index in [0.717, 1.165) is 19.6 Å². The molecule has 1 unspecified atom stereocenters. The van der Waals surface area contributed by atoms with Gasteiger partial charge in [0.25, 0.3) is 11.5 Å². The van der Waals surface area contributed by atoms with E-state index < -0.39 is 12.1 Å². The van der Waals surface area contributed by atoms with Gasteiger partial charge in [-0.2, -0.15) is 9.78 Å². The number of amides is 1. The lowest BCUT2D eigenvalue weighted by Crippen LogP contribution is -2.51. The van der Waals surface area contributed by atoms with Gasteiger partial charge >= 0.3 is 5.97 Å². The molecule has 1 aliphatic rings. The van der Waals surface area contributed by atoms with Crippen LogP contribution < -0.4 is 5.56 Å². The average molecular weight is 497 g/mol. The molecule has 37 heavy (non-hydrogen) atoms. The number of benzene rings is 3. The van der Waals surface area contributed by atoms with E-state index >= 15 is 0 Å². The Morgan fingerprint density at radius 2 is 1.43 bits per heavy atom. The minimum absolute atomic E-state index is 0.00798. The van der Waals surface area contributed by atoms with Crippen molar-refractivity contribution in [1.82, 2.24) is 19.6 Å². The predicted molar refractivity (Wildman–Crippen MR) is 141 cm³/mol. The van der Waals surface area contributed by atoms with Gasteiger partial charge in [0.05, 0.1) is 11.1 Å². The third-order valence-corrected chi connectivity index (χ3v) is 6.56. The van der Waals surface area contributed by atoms with Crippen LogP contribution in [-0.2, 0) is 16.1 Å². The SMILES string of the molecule is CC(OC(=O)c1nn(-c2ccccc2)c(=O)c2ccccc12)C(=O)N1CCN(Cc2ccccc2)CC1. The highest BCUT2D eigenvalue weighted by atomic mass is 16.5. The molecule has 5 rings (SSSR count). The summed E-state index contributed by atoms with van der Waals surface area (Å²) in [6, 6.07) is 25.9. The molecule has 2 heterocycles. The monoisotopic (exact) mass is 496 g/mol. The van der Waals surface area contributed by atoms with Crippen LogP contribution in [0.3, 0.4) is 0 Å². The van der Waals surface area contributed by atoms with Crippen LogP contribution in [0, 0.1) is 0 Å². The topological polar surface area (TPSA) is 84.7 Å². The molecule has 1 saturated heterocycles. The quantitative estimate of drug-likeness (QED) is 0.381. The van der Waals surface area contributed by atoms with Gasteiger partial charge in [-0.05, 0) is 30.7 Å². The Morgan fingerprint density at radius 3 is 2.11 bits per heavy atom. The lowest BCUT2D eigenvalue weighted by Gasteiger charge is -2.35. The Morgan fingerprint density at radius 1 is 0.838 bits per heavy atom. The van der Waals surface area contributed by atoms with Gasteiger partial charge in [-0.25, -0.2) is 4.79 Å².